The molecular weight excluding hydrogens is 396 g/mol. The number of likely N-dealkylation sites (tertiary alicyclic amines) is 1. The number of hydrogen-bond donors (Lipinski definition) is 2. The number of ether oxygens (including phenoxy) is 1. The Morgan fingerprint density at radius 1 is 1.16 bits per heavy atom. The molecule has 8 heteroatoms. The predicted molar refractivity (Wildman–Crippen MR) is 113 cm³/mol. The lowest BCUT2D eigenvalue weighted by Crippen LogP contribution is -2.52. The normalized spacial score (nSPS) is 28.7. The van der Waals surface area contributed by atoms with Crippen LogP contribution in [-0.2, 0) is 27.4 Å². The Bertz CT molecular complexity index is 909. The van der Waals surface area contributed by atoms with Gasteiger partial charge in [0.15, 0.2) is 0 Å². The van der Waals surface area contributed by atoms with Crippen LogP contribution in [0.15, 0.2) is 18.2 Å². The number of nitrogens with two attached hydrogens (primary N) is 1. The second-order valence-corrected chi connectivity index (χ2v) is 9.40. The number of nitrogens with zero attached hydrogens (tertiary/aromatic N) is 2. The van der Waals surface area contributed by atoms with E-state index < -0.39 is 6.04 Å². The number of carbonyl (C=O) groups excluding carboxylic acids is 3. The molecule has 0 aliphatic carbocycles. The molecule has 0 aromatic heterocycles. The molecule has 4 aliphatic rings. The highest BCUT2D eigenvalue weighted by Crippen LogP contribution is 2.36. The van der Waals surface area contributed by atoms with E-state index in [0.29, 0.717) is 18.5 Å². The van der Waals surface area contributed by atoms with Crippen molar-refractivity contribution in [2.45, 2.75) is 69.3 Å². The third-order valence-electron chi connectivity index (χ3n) is 7.37. The van der Waals surface area contributed by atoms with Crippen LogP contribution in [0, 0.1) is 0 Å². The smallest absolute Gasteiger partial charge is 0.255 e. The minimum absolute atomic E-state index is 0.0641. The van der Waals surface area contributed by atoms with Gasteiger partial charge in [0.05, 0.1) is 5.60 Å². The van der Waals surface area contributed by atoms with Crippen molar-refractivity contribution in [3.05, 3.63) is 34.9 Å². The van der Waals surface area contributed by atoms with Crippen LogP contribution in [0.2, 0.25) is 0 Å². The molecule has 166 valence electrons. The maximum Gasteiger partial charge on any atom is 0.255 e. The van der Waals surface area contributed by atoms with E-state index in [-0.39, 0.29) is 35.8 Å². The molecule has 0 saturated carbocycles. The summed E-state index contributed by atoms with van der Waals surface area (Å²) in [4.78, 5) is 40.9. The summed E-state index contributed by atoms with van der Waals surface area (Å²) in [5.41, 5.74) is 8.95. The van der Waals surface area contributed by atoms with E-state index in [9.17, 15) is 14.4 Å². The van der Waals surface area contributed by atoms with Gasteiger partial charge in [-0.25, -0.2) is 0 Å². The Balaban J connectivity index is 1.27. The van der Waals surface area contributed by atoms with Crippen LogP contribution in [0.3, 0.4) is 0 Å². The molecule has 8 nitrogen and oxygen atoms in total. The summed E-state index contributed by atoms with van der Waals surface area (Å²) in [6.07, 6.45) is 4.51. The van der Waals surface area contributed by atoms with Crippen molar-refractivity contribution in [2.75, 3.05) is 19.7 Å². The first-order valence-corrected chi connectivity index (χ1v) is 11.3. The highest BCUT2D eigenvalue weighted by Gasteiger charge is 2.41. The topological polar surface area (TPSA) is 105 Å². The maximum atomic E-state index is 13.0. The lowest BCUT2D eigenvalue weighted by Gasteiger charge is -2.45. The second kappa shape index (κ2) is 8.00. The monoisotopic (exact) mass is 426 g/mol. The first-order chi connectivity index (χ1) is 14.9. The number of benzene rings is 1. The molecule has 3 N–H and O–H groups in total. The molecule has 31 heavy (non-hydrogen) atoms. The number of hydrogen-bond acceptors (Lipinski definition) is 6. The van der Waals surface area contributed by atoms with Gasteiger partial charge in [-0.15, -0.1) is 0 Å². The molecule has 3 amide bonds. The van der Waals surface area contributed by atoms with Gasteiger partial charge in [-0.2, -0.15) is 0 Å². The van der Waals surface area contributed by atoms with Crippen molar-refractivity contribution in [1.82, 2.24) is 15.1 Å². The average molecular weight is 427 g/mol. The molecule has 4 aliphatic heterocycles. The van der Waals surface area contributed by atoms with Crippen molar-refractivity contribution >= 4 is 17.7 Å². The Kier molecular flexibility index (Phi) is 5.32. The Labute approximate surface area is 182 Å². The molecule has 3 saturated heterocycles. The molecule has 2 atom stereocenters. The first kappa shape index (κ1) is 20.6. The van der Waals surface area contributed by atoms with Crippen LogP contribution in [0.25, 0.3) is 0 Å². The van der Waals surface area contributed by atoms with Gasteiger partial charge in [0.1, 0.15) is 6.04 Å². The lowest BCUT2D eigenvalue weighted by molar-refractivity contribution is -0.136. The zero-order valence-corrected chi connectivity index (χ0v) is 17.8. The summed E-state index contributed by atoms with van der Waals surface area (Å²) in [6, 6.07) is 5.51. The molecule has 3 fully saturated rings. The van der Waals surface area contributed by atoms with E-state index in [4.69, 9.17) is 10.5 Å². The number of imide groups is 1. The molecule has 4 heterocycles. The van der Waals surface area contributed by atoms with Gasteiger partial charge < -0.3 is 15.4 Å². The molecule has 1 aromatic rings. The molecule has 1 aromatic carbocycles. The van der Waals surface area contributed by atoms with E-state index >= 15 is 0 Å². The second-order valence-electron chi connectivity index (χ2n) is 9.40. The Hall–Kier alpha value is -2.29. The third kappa shape index (κ3) is 3.88. The molecule has 0 radical (unpaired) electrons. The van der Waals surface area contributed by atoms with E-state index in [0.717, 1.165) is 63.1 Å². The van der Waals surface area contributed by atoms with Crippen LogP contribution < -0.4 is 11.1 Å². The van der Waals surface area contributed by atoms with Gasteiger partial charge in [0, 0.05) is 50.8 Å². The zero-order valence-electron chi connectivity index (χ0n) is 17.8. The van der Waals surface area contributed by atoms with Crippen LogP contribution in [0.4, 0.5) is 0 Å². The molecule has 2 unspecified atom stereocenters. The SMILES string of the molecule is NC1CCOC2(CCN(Cc3cccc4c3CN(C3CCC(=O)NC3=O)C4=O)CC2)C1. The Morgan fingerprint density at radius 2 is 1.97 bits per heavy atom. The van der Waals surface area contributed by atoms with Gasteiger partial charge >= 0.3 is 0 Å². The van der Waals surface area contributed by atoms with E-state index in [2.05, 4.69) is 16.3 Å². The summed E-state index contributed by atoms with van der Waals surface area (Å²) in [5.74, 6) is -0.753. The van der Waals surface area contributed by atoms with Gasteiger partial charge in [0.25, 0.3) is 5.91 Å². The fraction of sp³-hybridized carbons (Fsp3) is 0.609. The lowest BCUT2D eigenvalue weighted by atomic mass is 9.82. The fourth-order valence-corrected chi connectivity index (χ4v) is 5.57. The first-order valence-electron chi connectivity index (χ1n) is 11.3. The van der Waals surface area contributed by atoms with E-state index in [1.807, 2.05) is 12.1 Å². The van der Waals surface area contributed by atoms with Crippen LogP contribution >= 0.6 is 0 Å². The minimum atomic E-state index is -0.576. The van der Waals surface area contributed by atoms with Crippen LogP contribution in [-0.4, -0.2) is 64.9 Å². The van der Waals surface area contributed by atoms with Gasteiger partial charge in [-0.3, -0.25) is 24.6 Å². The number of fused-ring (bicyclic) bond motifs is 1. The number of piperidine rings is 2. The summed E-state index contributed by atoms with van der Waals surface area (Å²) in [6.45, 7) is 3.85. The minimum Gasteiger partial charge on any atom is -0.375 e. The largest absolute Gasteiger partial charge is 0.375 e. The molecule has 0 bridgehead atoms. The van der Waals surface area contributed by atoms with Crippen molar-refractivity contribution in [2.24, 2.45) is 5.73 Å². The molecule has 1 spiro atoms. The van der Waals surface area contributed by atoms with Gasteiger partial charge in [-0.05, 0) is 49.3 Å². The zero-order chi connectivity index (χ0) is 21.6. The van der Waals surface area contributed by atoms with Crippen LogP contribution in [0.1, 0.15) is 60.0 Å². The quantitative estimate of drug-likeness (QED) is 0.697. The van der Waals surface area contributed by atoms with Gasteiger partial charge in [-0.1, -0.05) is 12.1 Å². The summed E-state index contributed by atoms with van der Waals surface area (Å²) >= 11 is 0. The Morgan fingerprint density at radius 3 is 2.71 bits per heavy atom. The van der Waals surface area contributed by atoms with E-state index in [1.165, 1.54) is 0 Å². The fourth-order valence-electron chi connectivity index (χ4n) is 5.57. The van der Waals surface area contributed by atoms with Crippen molar-refractivity contribution in [1.29, 1.82) is 0 Å². The van der Waals surface area contributed by atoms with Crippen molar-refractivity contribution < 1.29 is 19.1 Å². The van der Waals surface area contributed by atoms with Crippen LogP contribution in [0.5, 0.6) is 0 Å². The number of nitrogens with one attached hydrogen (secondary N) is 1. The summed E-state index contributed by atoms with van der Waals surface area (Å²) in [5, 5.41) is 2.36. The number of amides is 3. The maximum absolute atomic E-state index is 13.0. The predicted octanol–water partition coefficient (Wildman–Crippen LogP) is 0.920. The van der Waals surface area contributed by atoms with Crippen molar-refractivity contribution in [3.8, 4) is 0 Å². The highest BCUT2D eigenvalue weighted by molar-refractivity contribution is 6.05. The highest BCUT2D eigenvalue weighted by atomic mass is 16.5. The number of carbonyl (C=O) groups is 3. The number of rotatable bonds is 3. The molecular formula is C23H30N4O4. The standard InChI is InChI=1S/C23H30N4O4/c24-16-6-11-31-23(12-16)7-9-26(10-8-23)13-15-2-1-3-17-18(15)14-27(22(17)30)19-4-5-20(28)25-21(19)29/h1-3,16,19H,4-14,24H2,(H,25,28,29). The summed E-state index contributed by atoms with van der Waals surface area (Å²) in [7, 11) is 0. The van der Waals surface area contributed by atoms with E-state index in [1.54, 1.807) is 4.90 Å². The molecule has 5 rings (SSSR count). The van der Waals surface area contributed by atoms with Gasteiger partial charge in [0.2, 0.25) is 11.8 Å². The van der Waals surface area contributed by atoms with Crippen molar-refractivity contribution in [3.63, 3.8) is 0 Å². The summed E-state index contributed by atoms with van der Waals surface area (Å²) < 4.78 is 6.14. The average Bonchev–Trinajstić information content (AvgIpc) is 3.07. The third-order valence-corrected chi connectivity index (χ3v) is 7.37.